The number of methoxy groups -OCH3 is 1. The molecule has 1 aromatic heterocycles. The third kappa shape index (κ3) is 3.98. The van der Waals surface area contributed by atoms with Crippen LogP contribution in [0, 0.1) is 0 Å². The van der Waals surface area contributed by atoms with Crippen LogP contribution in [0.4, 0.5) is 5.69 Å². The summed E-state index contributed by atoms with van der Waals surface area (Å²) in [6.45, 7) is 0. The first-order chi connectivity index (χ1) is 13.1. The van der Waals surface area contributed by atoms with E-state index in [1.807, 2.05) is 36.4 Å². The molecule has 0 aliphatic heterocycles. The molecule has 0 unspecified atom stereocenters. The van der Waals surface area contributed by atoms with Crippen molar-refractivity contribution in [2.75, 3.05) is 12.0 Å². The molecule has 7 heteroatoms. The van der Waals surface area contributed by atoms with Crippen molar-refractivity contribution < 1.29 is 14.3 Å². The van der Waals surface area contributed by atoms with E-state index < -0.39 is 11.9 Å². The zero-order valence-corrected chi connectivity index (χ0v) is 14.8. The molecule has 0 radical (unpaired) electrons. The average Bonchev–Trinajstić information content (AvgIpc) is 3.23. The Kier molecular flexibility index (Phi) is 5.51. The standard InChI is InChI=1S/C20H20N4O3/c1-27-19-10-16(7-8-17(19)15-11-22-23-12-15)24(13-25)18(20(21)26)9-14-5-3-2-4-6-14/h2-8,10-13,18H,9H2,1H3,(H2,21,26)(H,22,23)/t18-/m0/s1. The second kappa shape index (κ2) is 8.18. The van der Waals surface area contributed by atoms with Crippen LogP contribution < -0.4 is 15.4 Å². The number of hydrogen-bond donors (Lipinski definition) is 2. The van der Waals surface area contributed by atoms with Gasteiger partial charge in [0.05, 0.1) is 13.3 Å². The van der Waals surface area contributed by atoms with Gasteiger partial charge in [0, 0.05) is 35.5 Å². The van der Waals surface area contributed by atoms with Crippen molar-refractivity contribution in [1.82, 2.24) is 10.2 Å². The van der Waals surface area contributed by atoms with Crippen molar-refractivity contribution in [3.63, 3.8) is 0 Å². The maximum Gasteiger partial charge on any atom is 0.240 e. The van der Waals surface area contributed by atoms with Crippen LogP contribution in [0.15, 0.2) is 60.9 Å². The van der Waals surface area contributed by atoms with E-state index in [2.05, 4.69) is 10.2 Å². The largest absolute Gasteiger partial charge is 0.496 e. The van der Waals surface area contributed by atoms with Gasteiger partial charge in [-0.25, -0.2) is 0 Å². The molecule has 2 aromatic carbocycles. The predicted molar refractivity (Wildman–Crippen MR) is 102 cm³/mol. The molecular weight excluding hydrogens is 344 g/mol. The first-order valence-corrected chi connectivity index (χ1v) is 8.38. The predicted octanol–water partition coefficient (Wildman–Crippen LogP) is 2.14. The molecule has 0 saturated heterocycles. The zero-order valence-electron chi connectivity index (χ0n) is 14.8. The number of amides is 2. The van der Waals surface area contributed by atoms with Crippen molar-refractivity contribution in [2.45, 2.75) is 12.5 Å². The Balaban J connectivity index is 1.95. The van der Waals surface area contributed by atoms with E-state index in [-0.39, 0.29) is 0 Å². The highest BCUT2D eigenvalue weighted by Gasteiger charge is 2.25. The number of nitrogens with two attached hydrogens (primary N) is 1. The van der Waals surface area contributed by atoms with Crippen LogP contribution in [0.2, 0.25) is 0 Å². The normalized spacial score (nSPS) is 11.6. The lowest BCUT2D eigenvalue weighted by Crippen LogP contribution is -2.45. The van der Waals surface area contributed by atoms with Gasteiger partial charge in [-0.2, -0.15) is 5.10 Å². The lowest BCUT2D eigenvalue weighted by Gasteiger charge is -2.26. The molecule has 27 heavy (non-hydrogen) atoms. The monoisotopic (exact) mass is 364 g/mol. The minimum Gasteiger partial charge on any atom is -0.496 e. The van der Waals surface area contributed by atoms with Crippen LogP contribution >= 0.6 is 0 Å². The maximum atomic E-state index is 12.1. The van der Waals surface area contributed by atoms with Crippen molar-refractivity contribution >= 4 is 18.0 Å². The third-order valence-electron chi connectivity index (χ3n) is 4.34. The van der Waals surface area contributed by atoms with Crippen molar-refractivity contribution in [2.24, 2.45) is 5.73 Å². The van der Waals surface area contributed by atoms with Crippen LogP contribution in [-0.4, -0.2) is 35.7 Å². The van der Waals surface area contributed by atoms with Gasteiger partial charge < -0.3 is 15.4 Å². The number of benzene rings is 2. The number of carbonyl (C=O) groups excluding carboxylic acids is 2. The van der Waals surface area contributed by atoms with Gasteiger partial charge in [0.2, 0.25) is 12.3 Å². The van der Waals surface area contributed by atoms with Crippen LogP contribution in [0.3, 0.4) is 0 Å². The highest BCUT2D eigenvalue weighted by molar-refractivity contribution is 5.92. The Morgan fingerprint density at radius 2 is 2.07 bits per heavy atom. The minimum absolute atomic E-state index is 0.320. The number of primary amides is 1. The number of carbonyl (C=O) groups is 2. The summed E-state index contributed by atoms with van der Waals surface area (Å²) >= 11 is 0. The van der Waals surface area contributed by atoms with E-state index in [1.54, 1.807) is 31.6 Å². The quantitative estimate of drug-likeness (QED) is 0.598. The number of anilines is 1. The highest BCUT2D eigenvalue weighted by Crippen LogP contribution is 2.33. The van der Waals surface area contributed by atoms with E-state index >= 15 is 0 Å². The van der Waals surface area contributed by atoms with Crippen LogP contribution in [0.5, 0.6) is 5.75 Å². The molecule has 0 aliphatic carbocycles. The number of rotatable bonds is 8. The minimum atomic E-state index is -0.811. The van der Waals surface area contributed by atoms with Gasteiger partial charge in [0.1, 0.15) is 11.8 Å². The molecule has 3 rings (SSSR count). The third-order valence-corrected chi connectivity index (χ3v) is 4.34. The molecule has 138 valence electrons. The highest BCUT2D eigenvalue weighted by atomic mass is 16.5. The topological polar surface area (TPSA) is 101 Å². The van der Waals surface area contributed by atoms with E-state index in [0.29, 0.717) is 24.3 Å². The molecule has 0 fully saturated rings. The summed E-state index contributed by atoms with van der Waals surface area (Å²) in [6.07, 6.45) is 4.36. The fourth-order valence-corrected chi connectivity index (χ4v) is 2.96. The Morgan fingerprint density at radius 1 is 1.30 bits per heavy atom. The van der Waals surface area contributed by atoms with Gasteiger partial charge in [-0.05, 0) is 17.7 Å². The SMILES string of the molecule is COc1cc(N(C=O)[C@@H](Cc2ccccc2)C(N)=O)ccc1-c1cn[nH]c1. The number of aromatic amines is 1. The summed E-state index contributed by atoms with van der Waals surface area (Å²) in [7, 11) is 1.55. The Bertz CT molecular complexity index is 910. The van der Waals surface area contributed by atoms with Gasteiger partial charge in [-0.1, -0.05) is 30.3 Å². The zero-order chi connectivity index (χ0) is 19.2. The van der Waals surface area contributed by atoms with E-state index in [1.165, 1.54) is 4.90 Å². The number of ether oxygens (including phenoxy) is 1. The fourth-order valence-electron chi connectivity index (χ4n) is 2.96. The summed E-state index contributed by atoms with van der Waals surface area (Å²) < 4.78 is 5.46. The smallest absolute Gasteiger partial charge is 0.240 e. The molecule has 3 aromatic rings. The summed E-state index contributed by atoms with van der Waals surface area (Å²) in [5.41, 5.74) is 8.70. The number of aromatic nitrogens is 2. The van der Waals surface area contributed by atoms with E-state index in [0.717, 1.165) is 16.7 Å². The molecule has 0 spiro atoms. The summed E-state index contributed by atoms with van der Waals surface area (Å²) in [5.74, 6) is -0.0208. The van der Waals surface area contributed by atoms with Gasteiger partial charge in [-0.3, -0.25) is 14.7 Å². The molecule has 1 heterocycles. The lowest BCUT2D eigenvalue weighted by atomic mass is 10.0. The fraction of sp³-hybridized carbons (Fsp3) is 0.150. The molecule has 0 bridgehead atoms. The molecule has 1 atom stereocenters. The van der Waals surface area contributed by atoms with Crippen molar-refractivity contribution in [3.05, 3.63) is 66.5 Å². The van der Waals surface area contributed by atoms with Crippen molar-refractivity contribution in [1.29, 1.82) is 0 Å². The summed E-state index contributed by atoms with van der Waals surface area (Å²) in [6, 6.07) is 13.9. The second-order valence-corrected chi connectivity index (χ2v) is 5.99. The van der Waals surface area contributed by atoms with Gasteiger partial charge in [0.25, 0.3) is 0 Å². The molecule has 0 saturated carbocycles. The van der Waals surface area contributed by atoms with Crippen LogP contribution in [-0.2, 0) is 16.0 Å². The number of nitrogens with zero attached hydrogens (tertiary/aromatic N) is 2. The van der Waals surface area contributed by atoms with Crippen LogP contribution in [0.1, 0.15) is 5.56 Å². The molecule has 2 amide bonds. The average molecular weight is 364 g/mol. The molecule has 3 N–H and O–H groups in total. The molecule has 7 nitrogen and oxygen atoms in total. The van der Waals surface area contributed by atoms with Gasteiger partial charge in [-0.15, -0.1) is 0 Å². The second-order valence-electron chi connectivity index (χ2n) is 5.99. The lowest BCUT2D eigenvalue weighted by molar-refractivity contribution is -0.121. The number of nitrogens with one attached hydrogen (secondary N) is 1. The Morgan fingerprint density at radius 3 is 2.67 bits per heavy atom. The van der Waals surface area contributed by atoms with Crippen LogP contribution in [0.25, 0.3) is 11.1 Å². The first-order valence-electron chi connectivity index (χ1n) is 8.38. The first kappa shape index (κ1) is 18.2. The maximum absolute atomic E-state index is 12.1. The number of H-pyrrole nitrogens is 1. The molecule has 0 aliphatic rings. The summed E-state index contributed by atoms with van der Waals surface area (Å²) in [4.78, 5) is 25.2. The Labute approximate surface area is 156 Å². The van der Waals surface area contributed by atoms with E-state index in [9.17, 15) is 9.59 Å². The van der Waals surface area contributed by atoms with Crippen molar-refractivity contribution in [3.8, 4) is 16.9 Å². The number of hydrogen-bond acceptors (Lipinski definition) is 4. The Hall–Kier alpha value is -3.61. The molecular formula is C20H20N4O3. The van der Waals surface area contributed by atoms with Gasteiger partial charge >= 0.3 is 0 Å². The van der Waals surface area contributed by atoms with E-state index in [4.69, 9.17) is 10.5 Å². The van der Waals surface area contributed by atoms with Gasteiger partial charge in [0.15, 0.2) is 0 Å². The summed E-state index contributed by atoms with van der Waals surface area (Å²) in [5, 5.41) is 6.69.